The highest BCUT2D eigenvalue weighted by molar-refractivity contribution is 7.71. The molecule has 0 saturated carbocycles. The van der Waals surface area contributed by atoms with Gasteiger partial charge in [0.15, 0.2) is 5.65 Å². The van der Waals surface area contributed by atoms with Gasteiger partial charge < -0.3 is 4.74 Å². The maximum absolute atomic E-state index is 12.0. The van der Waals surface area contributed by atoms with E-state index in [0.717, 1.165) is 19.4 Å². The van der Waals surface area contributed by atoms with E-state index in [1.54, 1.807) is 21.3 Å². The summed E-state index contributed by atoms with van der Waals surface area (Å²) < 4.78 is 9.07. The molecule has 2 aromatic heterocycles. The minimum absolute atomic E-state index is 0.0945. The Balaban J connectivity index is 1.80. The molecule has 130 valence electrons. The largest absolute Gasteiger partial charge is 0.466 e. The Bertz CT molecular complexity index is 820. The zero-order valence-corrected chi connectivity index (χ0v) is 15.6. The van der Waals surface area contributed by atoms with E-state index < -0.39 is 0 Å². The van der Waals surface area contributed by atoms with E-state index in [9.17, 15) is 4.79 Å². The Kier molecular flexibility index (Phi) is 5.44. The number of likely N-dealkylation sites (tertiary alicyclic amines) is 1. The third-order valence-corrected chi connectivity index (χ3v) is 4.95. The molecule has 1 fully saturated rings. The molecule has 0 spiro atoms. The fraction of sp³-hybridized carbons (Fsp3) is 0.533. The number of ether oxygens (including phenoxy) is 1. The number of hydrogen-bond donors (Lipinski definition) is 0. The Morgan fingerprint density at radius 3 is 3.04 bits per heavy atom. The van der Waals surface area contributed by atoms with Crippen molar-refractivity contribution in [3.05, 3.63) is 27.1 Å². The van der Waals surface area contributed by atoms with Gasteiger partial charge in [-0.25, -0.2) is 4.68 Å². The van der Waals surface area contributed by atoms with Gasteiger partial charge in [0.05, 0.1) is 29.2 Å². The summed E-state index contributed by atoms with van der Waals surface area (Å²) in [5.74, 6) is -0.224. The number of piperidine rings is 1. The van der Waals surface area contributed by atoms with Gasteiger partial charge in [-0.15, -0.1) is 5.10 Å². The molecule has 0 radical (unpaired) electrons. The number of carbonyl (C=O) groups is 1. The SMILES string of the molecule is CCOC(=O)[C@H]1CCCN(Cn2nc3c(Cl)cc(Cl)cn3c2=S)C1. The van der Waals surface area contributed by atoms with Crippen molar-refractivity contribution in [2.75, 3.05) is 19.7 Å². The van der Waals surface area contributed by atoms with Gasteiger partial charge >= 0.3 is 5.97 Å². The van der Waals surface area contributed by atoms with E-state index in [-0.39, 0.29) is 11.9 Å². The standard InChI is InChI=1S/C15H18Cl2N4O2S/c1-2-23-14(22)10-4-3-5-19(7-10)9-21-15(24)20-8-11(16)6-12(17)13(20)18-21/h6,8,10H,2-5,7,9H2,1H3/t10-/m0/s1. The van der Waals surface area contributed by atoms with Gasteiger partial charge in [0.25, 0.3) is 0 Å². The maximum Gasteiger partial charge on any atom is 0.310 e. The summed E-state index contributed by atoms with van der Waals surface area (Å²) in [6.07, 6.45) is 3.50. The molecule has 6 nitrogen and oxygen atoms in total. The predicted molar refractivity (Wildman–Crippen MR) is 95.0 cm³/mol. The summed E-state index contributed by atoms with van der Waals surface area (Å²) in [4.78, 5) is 14.1. The average molecular weight is 389 g/mol. The molecule has 0 aliphatic carbocycles. The number of aromatic nitrogens is 3. The number of carbonyl (C=O) groups excluding carboxylic acids is 1. The van der Waals surface area contributed by atoms with Gasteiger partial charge in [0, 0.05) is 12.7 Å². The van der Waals surface area contributed by atoms with Crippen molar-refractivity contribution >= 4 is 47.0 Å². The smallest absolute Gasteiger partial charge is 0.310 e. The number of rotatable bonds is 4. The normalized spacial score (nSPS) is 18.9. The van der Waals surface area contributed by atoms with Crippen LogP contribution in [0.4, 0.5) is 0 Å². The molecule has 0 unspecified atom stereocenters. The van der Waals surface area contributed by atoms with Crippen LogP contribution in [0.25, 0.3) is 5.65 Å². The van der Waals surface area contributed by atoms with Crippen molar-refractivity contribution in [1.82, 2.24) is 19.1 Å². The molecule has 1 aliphatic rings. The number of nitrogens with zero attached hydrogens (tertiary/aromatic N) is 4. The zero-order valence-electron chi connectivity index (χ0n) is 13.2. The van der Waals surface area contributed by atoms with Crippen LogP contribution in [0.5, 0.6) is 0 Å². The molecule has 9 heteroatoms. The van der Waals surface area contributed by atoms with Crippen molar-refractivity contribution in [1.29, 1.82) is 0 Å². The van der Waals surface area contributed by atoms with Crippen molar-refractivity contribution in [3.63, 3.8) is 0 Å². The number of esters is 1. The Labute approximate surface area is 154 Å². The predicted octanol–water partition coefficient (Wildman–Crippen LogP) is 3.40. The maximum atomic E-state index is 12.0. The first-order valence-corrected chi connectivity index (χ1v) is 8.99. The molecule has 1 atom stereocenters. The average Bonchev–Trinajstić information content (AvgIpc) is 2.85. The third kappa shape index (κ3) is 3.59. The van der Waals surface area contributed by atoms with Crippen LogP contribution < -0.4 is 0 Å². The summed E-state index contributed by atoms with van der Waals surface area (Å²) in [6, 6.07) is 1.64. The van der Waals surface area contributed by atoms with Gasteiger partial charge in [-0.05, 0) is 44.6 Å². The quantitative estimate of drug-likeness (QED) is 0.593. The second kappa shape index (κ2) is 7.39. The van der Waals surface area contributed by atoms with Gasteiger partial charge in [-0.1, -0.05) is 23.2 Å². The van der Waals surface area contributed by atoms with Crippen molar-refractivity contribution in [2.45, 2.75) is 26.4 Å². The van der Waals surface area contributed by atoms with E-state index in [1.165, 1.54) is 0 Å². The number of hydrogen-bond acceptors (Lipinski definition) is 5. The number of pyridine rings is 1. The van der Waals surface area contributed by atoms with Crippen molar-refractivity contribution in [2.24, 2.45) is 5.92 Å². The van der Waals surface area contributed by atoms with E-state index in [2.05, 4.69) is 10.00 Å². The Hall–Kier alpha value is -1.15. The summed E-state index contributed by atoms with van der Waals surface area (Å²) >= 11 is 17.7. The summed E-state index contributed by atoms with van der Waals surface area (Å²) in [6.45, 7) is 4.27. The fourth-order valence-corrected chi connectivity index (χ4v) is 3.71. The molecular weight excluding hydrogens is 371 g/mol. The second-order valence-electron chi connectivity index (χ2n) is 5.79. The Morgan fingerprint density at radius 2 is 2.29 bits per heavy atom. The van der Waals surface area contributed by atoms with Crippen molar-refractivity contribution < 1.29 is 9.53 Å². The van der Waals surface area contributed by atoms with Crippen LogP contribution in [0.1, 0.15) is 19.8 Å². The topological polar surface area (TPSA) is 51.8 Å². The van der Waals surface area contributed by atoms with Crippen molar-refractivity contribution in [3.8, 4) is 0 Å². The van der Waals surface area contributed by atoms with Gasteiger partial charge in [-0.3, -0.25) is 14.1 Å². The number of fused-ring (bicyclic) bond motifs is 1. The van der Waals surface area contributed by atoms with Gasteiger partial charge in [-0.2, -0.15) is 0 Å². The van der Waals surface area contributed by atoms with Crippen LogP contribution >= 0.6 is 35.4 Å². The van der Waals surface area contributed by atoms with E-state index >= 15 is 0 Å². The van der Waals surface area contributed by atoms with E-state index in [4.69, 9.17) is 40.2 Å². The lowest BCUT2D eigenvalue weighted by molar-refractivity contribution is -0.150. The molecule has 0 aromatic carbocycles. The minimum Gasteiger partial charge on any atom is -0.466 e. The molecule has 0 bridgehead atoms. The van der Waals surface area contributed by atoms with E-state index in [1.807, 2.05) is 6.92 Å². The summed E-state index contributed by atoms with van der Waals surface area (Å²) in [5.41, 5.74) is 0.574. The van der Waals surface area contributed by atoms with Gasteiger partial charge in [0.1, 0.15) is 0 Å². The van der Waals surface area contributed by atoms with Crippen LogP contribution in [0.2, 0.25) is 10.0 Å². The first kappa shape index (κ1) is 17.7. The fourth-order valence-electron chi connectivity index (χ4n) is 2.96. The molecule has 3 rings (SSSR count). The second-order valence-corrected chi connectivity index (χ2v) is 7.00. The molecule has 1 saturated heterocycles. The molecular formula is C15H18Cl2N4O2S. The van der Waals surface area contributed by atoms with Crippen LogP contribution in [-0.4, -0.2) is 44.7 Å². The molecule has 2 aromatic rings. The van der Waals surface area contributed by atoms with E-state index in [0.29, 0.717) is 40.3 Å². The van der Waals surface area contributed by atoms with Crippen LogP contribution in [-0.2, 0) is 16.2 Å². The van der Waals surface area contributed by atoms with Crippen LogP contribution in [0.15, 0.2) is 12.3 Å². The molecule has 0 N–H and O–H groups in total. The van der Waals surface area contributed by atoms with Gasteiger partial charge in [0.2, 0.25) is 4.77 Å². The Morgan fingerprint density at radius 1 is 1.50 bits per heavy atom. The lowest BCUT2D eigenvalue weighted by Gasteiger charge is -2.31. The lowest BCUT2D eigenvalue weighted by Crippen LogP contribution is -2.40. The summed E-state index contributed by atoms with van der Waals surface area (Å²) in [5, 5.41) is 5.44. The highest BCUT2D eigenvalue weighted by Gasteiger charge is 2.27. The molecule has 24 heavy (non-hydrogen) atoms. The zero-order chi connectivity index (χ0) is 17.3. The molecule has 3 heterocycles. The first-order chi connectivity index (χ1) is 11.5. The summed E-state index contributed by atoms with van der Waals surface area (Å²) in [7, 11) is 0. The number of halogens is 2. The lowest BCUT2D eigenvalue weighted by atomic mass is 9.99. The first-order valence-electron chi connectivity index (χ1n) is 7.82. The highest BCUT2D eigenvalue weighted by Crippen LogP contribution is 2.22. The monoisotopic (exact) mass is 388 g/mol. The van der Waals surface area contributed by atoms with Crippen LogP contribution in [0.3, 0.4) is 0 Å². The van der Waals surface area contributed by atoms with Crippen LogP contribution in [0, 0.1) is 10.7 Å². The highest BCUT2D eigenvalue weighted by atomic mass is 35.5. The molecule has 0 amide bonds. The molecule has 1 aliphatic heterocycles. The third-order valence-electron chi connectivity index (χ3n) is 4.06. The minimum atomic E-state index is -0.129.